The second-order valence-corrected chi connectivity index (χ2v) is 3.88. The fourth-order valence-electron chi connectivity index (χ4n) is 1.68. The number of aryl methyl sites for hydroxylation is 1. The Balaban J connectivity index is 1.91. The molecule has 4 nitrogen and oxygen atoms in total. The molecule has 2 rings (SSSR count). The fraction of sp³-hybridized carbons (Fsp3) is 0.600. The number of aromatic nitrogens is 2. The van der Waals surface area contributed by atoms with E-state index in [1.165, 1.54) is 0 Å². The molecule has 0 aliphatic heterocycles. The van der Waals surface area contributed by atoms with Crippen LogP contribution in [0.25, 0.3) is 0 Å². The highest BCUT2D eigenvalue weighted by molar-refractivity contribution is 5.13. The van der Waals surface area contributed by atoms with Crippen LogP contribution in [0.3, 0.4) is 0 Å². The van der Waals surface area contributed by atoms with Gasteiger partial charge in [-0.1, -0.05) is 0 Å². The van der Waals surface area contributed by atoms with Gasteiger partial charge in [0.2, 0.25) is 0 Å². The zero-order valence-corrected chi connectivity index (χ0v) is 8.32. The minimum absolute atomic E-state index is 0.266. The molecule has 1 N–H and O–H groups in total. The first kappa shape index (κ1) is 9.22. The van der Waals surface area contributed by atoms with Gasteiger partial charge in [-0.15, -0.1) is 0 Å². The Labute approximate surface area is 83.5 Å². The van der Waals surface area contributed by atoms with Gasteiger partial charge >= 0.3 is 0 Å². The van der Waals surface area contributed by atoms with Crippen LogP contribution in [-0.4, -0.2) is 15.3 Å². The molecular formula is C10H14N4. The molecule has 1 saturated carbocycles. The topological polar surface area (TPSA) is 53.6 Å². The van der Waals surface area contributed by atoms with Gasteiger partial charge in [-0.2, -0.15) is 10.4 Å². The molecule has 0 spiro atoms. The average molecular weight is 190 g/mol. The average Bonchev–Trinajstić information content (AvgIpc) is 2.50. The molecule has 1 aromatic rings. The van der Waals surface area contributed by atoms with E-state index in [0.29, 0.717) is 6.54 Å². The van der Waals surface area contributed by atoms with E-state index in [1.807, 2.05) is 19.3 Å². The van der Waals surface area contributed by atoms with E-state index in [-0.39, 0.29) is 5.54 Å². The van der Waals surface area contributed by atoms with Gasteiger partial charge in [0.05, 0.1) is 11.8 Å². The lowest BCUT2D eigenvalue weighted by Crippen LogP contribution is -2.49. The molecular weight excluding hydrogens is 176 g/mol. The molecule has 1 aliphatic rings. The van der Waals surface area contributed by atoms with Crippen LogP contribution < -0.4 is 5.32 Å². The maximum Gasteiger partial charge on any atom is 0.107 e. The maximum absolute atomic E-state index is 8.98. The highest BCUT2D eigenvalue weighted by Crippen LogP contribution is 2.31. The van der Waals surface area contributed by atoms with Gasteiger partial charge in [0.15, 0.2) is 0 Å². The number of hydrogen-bond acceptors (Lipinski definition) is 3. The monoisotopic (exact) mass is 190 g/mol. The summed E-state index contributed by atoms with van der Waals surface area (Å²) in [5.41, 5.74) is 0.728. The van der Waals surface area contributed by atoms with Gasteiger partial charge in [0, 0.05) is 19.8 Å². The predicted octanol–water partition coefficient (Wildman–Crippen LogP) is 0.956. The minimum Gasteiger partial charge on any atom is -0.294 e. The van der Waals surface area contributed by atoms with Crippen molar-refractivity contribution in [3.63, 3.8) is 0 Å². The normalized spacial score (nSPS) is 18.6. The molecule has 1 fully saturated rings. The number of nitrogens with one attached hydrogen (secondary N) is 1. The lowest BCUT2D eigenvalue weighted by Gasteiger charge is -2.35. The first-order chi connectivity index (χ1) is 6.74. The van der Waals surface area contributed by atoms with E-state index in [2.05, 4.69) is 16.5 Å². The van der Waals surface area contributed by atoms with Crippen molar-refractivity contribution in [3.8, 4) is 6.07 Å². The molecule has 1 aromatic heterocycles. The smallest absolute Gasteiger partial charge is 0.107 e. The highest BCUT2D eigenvalue weighted by Gasteiger charge is 2.36. The van der Waals surface area contributed by atoms with Gasteiger partial charge in [-0.25, -0.2) is 0 Å². The lowest BCUT2D eigenvalue weighted by atomic mass is 9.78. The van der Waals surface area contributed by atoms with Crippen LogP contribution in [0.5, 0.6) is 0 Å². The summed E-state index contributed by atoms with van der Waals surface area (Å²) in [7, 11) is 1.90. The van der Waals surface area contributed by atoms with Gasteiger partial charge in [0.25, 0.3) is 0 Å². The molecule has 0 aromatic carbocycles. The molecule has 0 bridgehead atoms. The molecule has 0 atom stereocenters. The predicted molar refractivity (Wildman–Crippen MR) is 52.2 cm³/mol. The zero-order valence-electron chi connectivity index (χ0n) is 8.32. The van der Waals surface area contributed by atoms with Crippen LogP contribution in [0.2, 0.25) is 0 Å². The molecule has 0 radical (unpaired) electrons. The third-order valence-corrected chi connectivity index (χ3v) is 2.80. The fourth-order valence-corrected chi connectivity index (χ4v) is 1.68. The molecule has 1 heterocycles. The molecule has 0 unspecified atom stereocenters. The van der Waals surface area contributed by atoms with Crippen LogP contribution in [-0.2, 0) is 13.6 Å². The van der Waals surface area contributed by atoms with Crippen molar-refractivity contribution in [2.45, 2.75) is 31.3 Å². The van der Waals surface area contributed by atoms with Crippen LogP contribution in [0.15, 0.2) is 12.3 Å². The Kier molecular flexibility index (Phi) is 2.26. The SMILES string of the molecule is Cn1ccc(CNC2(C#N)CCC2)n1. The van der Waals surface area contributed by atoms with Crippen LogP contribution in [0, 0.1) is 11.3 Å². The highest BCUT2D eigenvalue weighted by atomic mass is 15.3. The summed E-state index contributed by atoms with van der Waals surface area (Å²) in [6.07, 6.45) is 5.01. The second kappa shape index (κ2) is 3.43. The summed E-state index contributed by atoms with van der Waals surface area (Å²) >= 11 is 0. The van der Waals surface area contributed by atoms with Crippen molar-refractivity contribution in [2.75, 3.05) is 0 Å². The van der Waals surface area contributed by atoms with E-state index in [0.717, 1.165) is 25.0 Å². The van der Waals surface area contributed by atoms with Crippen LogP contribution in [0.1, 0.15) is 25.0 Å². The van der Waals surface area contributed by atoms with Crippen molar-refractivity contribution in [1.82, 2.24) is 15.1 Å². The number of nitriles is 1. The first-order valence-electron chi connectivity index (χ1n) is 4.89. The lowest BCUT2D eigenvalue weighted by molar-refractivity contribution is 0.251. The Bertz CT molecular complexity index is 356. The van der Waals surface area contributed by atoms with E-state index in [4.69, 9.17) is 5.26 Å². The van der Waals surface area contributed by atoms with Crippen LogP contribution in [0.4, 0.5) is 0 Å². The van der Waals surface area contributed by atoms with Crippen molar-refractivity contribution in [1.29, 1.82) is 5.26 Å². The summed E-state index contributed by atoms with van der Waals surface area (Å²) in [5, 5.41) is 16.5. The van der Waals surface area contributed by atoms with Crippen molar-refractivity contribution in [2.24, 2.45) is 7.05 Å². The van der Waals surface area contributed by atoms with Crippen molar-refractivity contribution in [3.05, 3.63) is 18.0 Å². The maximum atomic E-state index is 8.98. The quantitative estimate of drug-likeness (QED) is 0.772. The Morgan fingerprint density at radius 1 is 1.71 bits per heavy atom. The van der Waals surface area contributed by atoms with Gasteiger partial charge in [0.1, 0.15) is 5.54 Å². The summed E-state index contributed by atoms with van der Waals surface area (Å²) in [6.45, 7) is 0.689. The van der Waals surface area contributed by atoms with E-state index < -0.39 is 0 Å². The molecule has 1 aliphatic carbocycles. The molecule has 14 heavy (non-hydrogen) atoms. The van der Waals surface area contributed by atoms with Crippen molar-refractivity contribution >= 4 is 0 Å². The Morgan fingerprint density at radius 2 is 2.50 bits per heavy atom. The Morgan fingerprint density at radius 3 is 2.93 bits per heavy atom. The van der Waals surface area contributed by atoms with Crippen LogP contribution >= 0.6 is 0 Å². The Hall–Kier alpha value is -1.34. The summed E-state index contributed by atoms with van der Waals surface area (Å²) in [5.74, 6) is 0. The van der Waals surface area contributed by atoms with Crippen molar-refractivity contribution < 1.29 is 0 Å². The zero-order chi connectivity index (χ0) is 10.0. The summed E-state index contributed by atoms with van der Waals surface area (Å²) in [6, 6.07) is 4.32. The number of rotatable bonds is 3. The van der Waals surface area contributed by atoms with E-state index in [9.17, 15) is 0 Å². The van der Waals surface area contributed by atoms with Gasteiger partial charge < -0.3 is 0 Å². The number of nitrogens with zero attached hydrogens (tertiary/aromatic N) is 3. The molecule has 0 saturated heterocycles. The second-order valence-electron chi connectivity index (χ2n) is 3.88. The minimum atomic E-state index is -0.266. The summed E-state index contributed by atoms with van der Waals surface area (Å²) in [4.78, 5) is 0. The third-order valence-electron chi connectivity index (χ3n) is 2.80. The third kappa shape index (κ3) is 1.64. The summed E-state index contributed by atoms with van der Waals surface area (Å²) < 4.78 is 1.77. The number of hydrogen-bond donors (Lipinski definition) is 1. The largest absolute Gasteiger partial charge is 0.294 e. The van der Waals surface area contributed by atoms with E-state index in [1.54, 1.807) is 4.68 Å². The molecule has 0 amide bonds. The van der Waals surface area contributed by atoms with Gasteiger partial charge in [-0.05, 0) is 25.3 Å². The molecule has 74 valence electrons. The van der Waals surface area contributed by atoms with Gasteiger partial charge in [-0.3, -0.25) is 10.00 Å². The molecule has 4 heteroatoms. The first-order valence-corrected chi connectivity index (χ1v) is 4.89. The standard InChI is InChI=1S/C10H14N4/c1-14-6-3-9(13-14)7-12-10(8-11)4-2-5-10/h3,6,12H,2,4-5,7H2,1H3. The van der Waals surface area contributed by atoms with E-state index >= 15 is 0 Å².